The van der Waals surface area contributed by atoms with E-state index in [2.05, 4.69) is 15.7 Å². The van der Waals surface area contributed by atoms with Gasteiger partial charge in [-0.05, 0) is 19.4 Å². The molecule has 8 nitrogen and oxygen atoms in total. The summed E-state index contributed by atoms with van der Waals surface area (Å²) in [6.07, 6.45) is 1.34. The first-order chi connectivity index (χ1) is 14.4. The van der Waals surface area contributed by atoms with Gasteiger partial charge in [0, 0.05) is 32.2 Å². The SMILES string of the molecule is COC(=O)C(=O)N1CCN(Cc2cc(=O)c(OCc3cc(C)cc(C)c3)co2)CC1. The van der Waals surface area contributed by atoms with Gasteiger partial charge in [0.2, 0.25) is 11.2 Å². The van der Waals surface area contributed by atoms with Crippen molar-refractivity contribution < 1.29 is 23.5 Å². The maximum atomic E-state index is 12.4. The van der Waals surface area contributed by atoms with Crippen molar-refractivity contribution in [3.8, 4) is 5.75 Å². The van der Waals surface area contributed by atoms with E-state index in [0.717, 1.165) is 16.7 Å². The molecular weight excluding hydrogens is 388 g/mol. The fraction of sp³-hybridized carbons (Fsp3) is 0.409. The molecule has 1 saturated heterocycles. The zero-order chi connectivity index (χ0) is 21.7. The highest BCUT2D eigenvalue weighted by atomic mass is 16.5. The van der Waals surface area contributed by atoms with Crippen molar-refractivity contribution in [3.63, 3.8) is 0 Å². The molecule has 3 rings (SSSR count). The Balaban J connectivity index is 1.54. The van der Waals surface area contributed by atoms with Crippen LogP contribution < -0.4 is 10.2 Å². The molecule has 2 aromatic rings. The summed E-state index contributed by atoms with van der Waals surface area (Å²) in [5, 5.41) is 0. The van der Waals surface area contributed by atoms with Crippen LogP contribution in [0.25, 0.3) is 0 Å². The average molecular weight is 414 g/mol. The van der Waals surface area contributed by atoms with Gasteiger partial charge in [-0.2, -0.15) is 0 Å². The van der Waals surface area contributed by atoms with Crippen molar-refractivity contribution in [3.05, 3.63) is 63.2 Å². The molecule has 0 aliphatic carbocycles. The van der Waals surface area contributed by atoms with Crippen LogP contribution in [0.5, 0.6) is 5.75 Å². The number of methoxy groups -OCH3 is 1. The van der Waals surface area contributed by atoms with Gasteiger partial charge in [0.25, 0.3) is 0 Å². The van der Waals surface area contributed by atoms with Gasteiger partial charge in [-0.1, -0.05) is 29.3 Å². The summed E-state index contributed by atoms with van der Waals surface area (Å²) in [4.78, 5) is 39.1. The number of hydrogen-bond acceptors (Lipinski definition) is 7. The number of nitrogens with zero attached hydrogens (tertiary/aromatic N) is 2. The van der Waals surface area contributed by atoms with E-state index >= 15 is 0 Å². The lowest BCUT2D eigenvalue weighted by Crippen LogP contribution is -2.50. The molecule has 0 unspecified atom stereocenters. The average Bonchev–Trinajstić information content (AvgIpc) is 2.72. The van der Waals surface area contributed by atoms with Crippen LogP contribution in [0, 0.1) is 13.8 Å². The van der Waals surface area contributed by atoms with Gasteiger partial charge in [-0.15, -0.1) is 0 Å². The van der Waals surface area contributed by atoms with E-state index < -0.39 is 11.9 Å². The van der Waals surface area contributed by atoms with Crippen LogP contribution in [-0.4, -0.2) is 55.0 Å². The van der Waals surface area contributed by atoms with E-state index in [0.29, 0.717) is 45.1 Å². The summed E-state index contributed by atoms with van der Waals surface area (Å²) in [5.74, 6) is -0.794. The Bertz CT molecular complexity index is 956. The molecule has 1 aliphatic rings. The Hall–Kier alpha value is -3.13. The van der Waals surface area contributed by atoms with E-state index in [1.807, 2.05) is 26.0 Å². The lowest BCUT2D eigenvalue weighted by molar-refractivity contribution is -0.159. The Morgan fingerprint density at radius 1 is 1.03 bits per heavy atom. The highest BCUT2D eigenvalue weighted by Crippen LogP contribution is 2.14. The van der Waals surface area contributed by atoms with Crippen LogP contribution in [-0.2, 0) is 27.5 Å². The number of aryl methyl sites for hydroxylation is 2. The summed E-state index contributed by atoms with van der Waals surface area (Å²) < 4.78 is 15.7. The topological polar surface area (TPSA) is 89.3 Å². The van der Waals surface area contributed by atoms with E-state index in [9.17, 15) is 14.4 Å². The Labute approximate surface area is 175 Å². The van der Waals surface area contributed by atoms with E-state index in [1.165, 1.54) is 24.3 Å². The van der Waals surface area contributed by atoms with E-state index in [4.69, 9.17) is 9.15 Å². The smallest absolute Gasteiger partial charge is 0.396 e. The largest absolute Gasteiger partial charge is 0.482 e. The molecule has 30 heavy (non-hydrogen) atoms. The fourth-order valence-electron chi connectivity index (χ4n) is 3.49. The number of hydrogen-bond donors (Lipinski definition) is 0. The van der Waals surface area contributed by atoms with Crippen LogP contribution in [0.15, 0.2) is 39.7 Å². The summed E-state index contributed by atoms with van der Waals surface area (Å²) in [6, 6.07) is 7.56. The first-order valence-corrected chi connectivity index (χ1v) is 9.77. The highest BCUT2D eigenvalue weighted by Gasteiger charge is 2.26. The number of carbonyl (C=O) groups is 2. The zero-order valence-electron chi connectivity index (χ0n) is 17.5. The summed E-state index contributed by atoms with van der Waals surface area (Å²) >= 11 is 0. The maximum absolute atomic E-state index is 12.4. The fourth-order valence-corrected chi connectivity index (χ4v) is 3.49. The second-order valence-electron chi connectivity index (χ2n) is 7.42. The number of esters is 1. The second-order valence-corrected chi connectivity index (χ2v) is 7.42. The molecule has 1 amide bonds. The van der Waals surface area contributed by atoms with Gasteiger partial charge in [-0.25, -0.2) is 4.79 Å². The first-order valence-electron chi connectivity index (χ1n) is 9.77. The van der Waals surface area contributed by atoms with Crippen molar-refractivity contribution in [2.24, 2.45) is 0 Å². The van der Waals surface area contributed by atoms with Gasteiger partial charge in [0.15, 0.2) is 0 Å². The third-order valence-corrected chi connectivity index (χ3v) is 4.93. The minimum Gasteiger partial charge on any atom is -0.482 e. The normalized spacial score (nSPS) is 14.4. The van der Waals surface area contributed by atoms with Gasteiger partial charge in [-0.3, -0.25) is 14.5 Å². The molecule has 1 aromatic carbocycles. The first kappa shape index (κ1) is 21.6. The number of ether oxygens (including phenoxy) is 2. The lowest BCUT2D eigenvalue weighted by atomic mass is 10.1. The molecule has 2 heterocycles. The lowest BCUT2D eigenvalue weighted by Gasteiger charge is -2.33. The maximum Gasteiger partial charge on any atom is 0.396 e. The molecule has 0 saturated carbocycles. The molecular formula is C22H26N2O6. The van der Waals surface area contributed by atoms with Gasteiger partial charge < -0.3 is 18.8 Å². The van der Waals surface area contributed by atoms with Crippen LogP contribution in [0.1, 0.15) is 22.5 Å². The number of benzene rings is 1. The Kier molecular flexibility index (Phi) is 6.89. The second kappa shape index (κ2) is 9.58. The molecule has 160 valence electrons. The van der Waals surface area contributed by atoms with Crippen molar-refractivity contribution in [2.75, 3.05) is 33.3 Å². The molecule has 1 fully saturated rings. The summed E-state index contributed by atoms with van der Waals surface area (Å²) in [5.41, 5.74) is 3.05. The molecule has 0 N–H and O–H groups in total. The number of rotatable bonds is 5. The Morgan fingerprint density at radius 2 is 1.70 bits per heavy atom. The van der Waals surface area contributed by atoms with Gasteiger partial charge in [0.1, 0.15) is 18.6 Å². The minimum atomic E-state index is -0.856. The third-order valence-electron chi connectivity index (χ3n) is 4.93. The van der Waals surface area contributed by atoms with Crippen molar-refractivity contribution in [1.29, 1.82) is 0 Å². The van der Waals surface area contributed by atoms with Crippen LogP contribution >= 0.6 is 0 Å². The van der Waals surface area contributed by atoms with Crippen LogP contribution in [0.4, 0.5) is 0 Å². The van der Waals surface area contributed by atoms with Crippen molar-refractivity contribution in [2.45, 2.75) is 27.0 Å². The van der Waals surface area contributed by atoms with E-state index in [-0.39, 0.29) is 11.2 Å². The summed E-state index contributed by atoms with van der Waals surface area (Å²) in [7, 11) is 1.19. The monoisotopic (exact) mass is 414 g/mol. The molecule has 0 radical (unpaired) electrons. The van der Waals surface area contributed by atoms with Gasteiger partial charge in [0.05, 0.1) is 13.7 Å². The van der Waals surface area contributed by atoms with Crippen molar-refractivity contribution in [1.82, 2.24) is 9.80 Å². The standard InChI is InChI=1S/C22H26N2O6/c1-15-8-16(2)10-17(9-15)13-30-20-14-29-18(11-19(20)25)12-23-4-6-24(7-5-23)21(26)22(27)28-3/h8-11,14H,4-7,12-13H2,1-3H3. The van der Waals surface area contributed by atoms with Gasteiger partial charge >= 0.3 is 11.9 Å². The molecule has 8 heteroatoms. The minimum absolute atomic E-state index is 0.173. The Morgan fingerprint density at radius 3 is 2.30 bits per heavy atom. The molecule has 1 aliphatic heterocycles. The van der Waals surface area contributed by atoms with E-state index in [1.54, 1.807) is 0 Å². The third kappa shape index (κ3) is 5.48. The number of amides is 1. The van der Waals surface area contributed by atoms with Crippen LogP contribution in [0.3, 0.4) is 0 Å². The zero-order valence-corrected chi connectivity index (χ0v) is 17.5. The molecule has 1 aromatic heterocycles. The predicted octanol–water partition coefficient (Wildman–Crippen LogP) is 1.65. The number of carbonyl (C=O) groups excluding carboxylic acids is 2. The molecule has 0 spiro atoms. The highest BCUT2D eigenvalue weighted by molar-refractivity contribution is 6.32. The molecule has 0 bridgehead atoms. The quantitative estimate of drug-likeness (QED) is 0.543. The van der Waals surface area contributed by atoms with Crippen molar-refractivity contribution >= 4 is 11.9 Å². The number of piperazine rings is 1. The summed E-state index contributed by atoms with van der Waals surface area (Å²) in [6.45, 7) is 6.73. The predicted molar refractivity (Wildman–Crippen MR) is 109 cm³/mol. The molecule has 0 atom stereocenters. The van der Waals surface area contributed by atoms with Crippen LogP contribution in [0.2, 0.25) is 0 Å².